The molecule has 0 spiro atoms. The maximum absolute atomic E-state index is 5.36. The topological polar surface area (TPSA) is 39.7 Å². The van der Waals surface area contributed by atoms with E-state index in [-0.39, 0.29) is 0 Å². The third kappa shape index (κ3) is 4.69. The number of ether oxygens (including phenoxy) is 3. The monoisotopic (exact) mass is 281 g/mol. The quantitative estimate of drug-likeness (QED) is 0.755. The summed E-state index contributed by atoms with van der Waals surface area (Å²) in [5, 5.41) is 3.58. The molecular formula is C16H27NO3. The lowest BCUT2D eigenvalue weighted by atomic mass is 10.0. The van der Waals surface area contributed by atoms with Crippen LogP contribution in [0.3, 0.4) is 0 Å². The molecule has 0 heterocycles. The van der Waals surface area contributed by atoms with Crippen LogP contribution >= 0.6 is 0 Å². The molecule has 0 aliphatic heterocycles. The highest BCUT2D eigenvalue weighted by molar-refractivity contribution is 5.43. The molecule has 4 nitrogen and oxygen atoms in total. The molecule has 20 heavy (non-hydrogen) atoms. The molecule has 1 N–H and O–H groups in total. The smallest absolute Gasteiger partial charge is 0.161 e. The standard InChI is InChI=1S/C16H27NO3/c1-6-14(17-10-12(2)11-18-3)13-7-8-15(19-4)16(9-13)20-5/h7-9,12,14,17H,6,10-11H2,1-5H3. The molecular weight excluding hydrogens is 254 g/mol. The van der Waals surface area contributed by atoms with Gasteiger partial charge in [-0.2, -0.15) is 0 Å². The molecule has 0 aromatic heterocycles. The molecule has 1 rings (SSSR count). The van der Waals surface area contributed by atoms with E-state index in [2.05, 4.69) is 25.2 Å². The minimum absolute atomic E-state index is 0.314. The van der Waals surface area contributed by atoms with Gasteiger partial charge in [0.05, 0.1) is 14.2 Å². The number of nitrogens with one attached hydrogen (secondary N) is 1. The van der Waals surface area contributed by atoms with E-state index in [4.69, 9.17) is 14.2 Å². The maximum Gasteiger partial charge on any atom is 0.161 e. The van der Waals surface area contributed by atoms with Gasteiger partial charge >= 0.3 is 0 Å². The molecule has 1 aromatic carbocycles. The molecule has 0 aliphatic rings. The molecule has 4 heteroatoms. The predicted octanol–water partition coefficient (Wildman–Crippen LogP) is 3.03. The molecule has 2 atom stereocenters. The molecule has 0 radical (unpaired) electrons. The van der Waals surface area contributed by atoms with E-state index in [1.54, 1.807) is 21.3 Å². The summed E-state index contributed by atoms with van der Waals surface area (Å²) in [4.78, 5) is 0. The highest BCUT2D eigenvalue weighted by Crippen LogP contribution is 2.30. The van der Waals surface area contributed by atoms with Gasteiger partial charge in [0.1, 0.15) is 0 Å². The van der Waals surface area contributed by atoms with E-state index >= 15 is 0 Å². The van der Waals surface area contributed by atoms with Crippen molar-refractivity contribution in [2.45, 2.75) is 26.3 Å². The fourth-order valence-electron chi connectivity index (χ4n) is 2.25. The zero-order valence-corrected chi connectivity index (χ0v) is 13.2. The Morgan fingerprint density at radius 1 is 1.10 bits per heavy atom. The first kappa shape index (κ1) is 16.8. The first-order valence-corrected chi connectivity index (χ1v) is 7.10. The van der Waals surface area contributed by atoms with Crippen LogP contribution in [0.15, 0.2) is 18.2 Å². The molecule has 0 bridgehead atoms. The average Bonchev–Trinajstić information content (AvgIpc) is 2.47. The van der Waals surface area contributed by atoms with Crippen molar-refractivity contribution in [1.82, 2.24) is 5.32 Å². The van der Waals surface area contributed by atoms with Crippen LogP contribution < -0.4 is 14.8 Å². The number of benzene rings is 1. The van der Waals surface area contributed by atoms with Crippen LogP contribution in [0.1, 0.15) is 31.9 Å². The van der Waals surface area contributed by atoms with Gasteiger partial charge in [0.15, 0.2) is 11.5 Å². The van der Waals surface area contributed by atoms with Gasteiger partial charge in [-0.15, -0.1) is 0 Å². The average molecular weight is 281 g/mol. The molecule has 0 saturated carbocycles. The van der Waals surface area contributed by atoms with Crippen molar-refractivity contribution >= 4 is 0 Å². The summed E-state index contributed by atoms with van der Waals surface area (Å²) in [6, 6.07) is 6.40. The minimum Gasteiger partial charge on any atom is -0.493 e. The van der Waals surface area contributed by atoms with Gasteiger partial charge in [-0.1, -0.05) is 19.9 Å². The largest absolute Gasteiger partial charge is 0.493 e. The first-order chi connectivity index (χ1) is 9.65. The lowest BCUT2D eigenvalue weighted by Gasteiger charge is -2.21. The van der Waals surface area contributed by atoms with Gasteiger partial charge in [-0.05, 0) is 30.0 Å². The Bertz CT molecular complexity index is 395. The summed E-state index contributed by atoms with van der Waals surface area (Å²) >= 11 is 0. The normalized spacial score (nSPS) is 13.8. The molecule has 0 amide bonds. The Balaban J connectivity index is 2.74. The van der Waals surface area contributed by atoms with Crippen molar-refractivity contribution in [3.63, 3.8) is 0 Å². The summed E-state index contributed by atoms with van der Waals surface area (Å²) < 4.78 is 15.8. The second-order valence-corrected chi connectivity index (χ2v) is 5.04. The molecule has 114 valence electrons. The highest BCUT2D eigenvalue weighted by Gasteiger charge is 2.13. The van der Waals surface area contributed by atoms with Gasteiger partial charge in [0, 0.05) is 26.3 Å². The van der Waals surface area contributed by atoms with Crippen molar-refractivity contribution in [2.24, 2.45) is 5.92 Å². The summed E-state index contributed by atoms with van der Waals surface area (Å²) in [7, 11) is 5.05. The van der Waals surface area contributed by atoms with E-state index in [0.717, 1.165) is 31.1 Å². The third-order valence-electron chi connectivity index (χ3n) is 3.38. The molecule has 2 unspecified atom stereocenters. The third-order valence-corrected chi connectivity index (χ3v) is 3.38. The maximum atomic E-state index is 5.36. The second-order valence-electron chi connectivity index (χ2n) is 5.04. The zero-order chi connectivity index (χ0) is 15.0. The Morgan fingerprint density at radius 2 is 1.80 bits per heavy atom. The second kappa shape index (κ2) is 8.82. The van der Waals surface area contributed by atoms with E-state index in [1.165, 1.54) is 5.56 Å². The number of hydrogen-bond donors (Lipinski definition) is 1. The molecule has 1 aromatic rings. The molecule has 0 aliphatic carbocycles. The van der Waals surface area contributed by atoms with Crippen LogP contribution in [0.4, 0.5) is 0 Å². The van der Waals surface area contributed by atoms with Crippen molar-refractivity contribution in [1.29, 1.82) is 0 Å². The fraction of sp³-hybridized carbons (Fsp3) is 0.625. The van der Waals surface area contributed by atoms with E-state index in [9.17, 15) is 0 Å². The van der Waals surface area contributed by atoms with Crippen LogP contribution in [0.25, 0.3) is 0 Å². The van der Waals surface area contributed by atoms with E-state index in [1.807, 2.05) is 12.1 Å². The van der Waals surface area contributed by atoms with E-state index in [0.29, 0.717) is 12.0 Å². The van der Waals surface area contributed by atoms with Crippen molar-refractivity contribution in [3.05, 3.63) is 23.8 Å². The predicted molar refractivity (Wildman–Crippen MR) is 81.6 cm³/mol. The Kier molecular flexibility index (Phi) is 7.41. The Morgan fingerprint density at radius 3 is 2.35 bits per heavy atom. The zero-order valence-electron chi connectivity index (χ0n) is 13.2. The van der Waals surface area contributed by atoms with Crippen LogP contribution in [0.2, 0.25) is 0 Å². The Labute approximate surface area is 122 Å². The first-order valence-electron chi connectivity index (χ1n) is 7.10. The van der Waals surface area contributed by atoms with Crippen molar-refractivity contribution < 1.29 is 14.2 Å². The van der Waals surface area contributed by atoms with Gasteiger partial charge in [-0.25, -0.2) is 0 Å². The number of methoxy groups -OCH3 is 3. The highest BCUT2D eigenvalue weighted by atomic mass is 16.5. The van der Waals surface area contributed by atoms with Gasteiger partial charge in [0.2, 0.25) is 0 Å². The van der Waals surface area contributed by atoms with Gasteiger partial charge in [-0.3, -0.25) is 0 Å². The lowest BCUT2D eigenvalue weighted by Crippen LogP contribution is -2.27. The van der Waals surface area contributed by atoms with Crippen LogP contribution in [0, 0.1) is 5.92 Å². The summed E-state index contributed by atoms with van der Waals surface area (Å²) in [5.74, 6) is 2.03. The summed E-state index contributed by atoms with van der Waals surface area (Å²) in [6.07, 6.45) is 1.02. The summed E-state index contributed by atoms with van der Waals surface area (Å²) in [5.41, 5.74) is 1.22. The lowest BCUT2D eigenvalue weighted by molar-refractivity contribution is 0.156. The van der Waals surface area contributed by atoms with Gasteiger partial charge in [0.25, 0.3) is 0 Å². The van der Waals surface area contributed by atoms with Gasteiger partial charge < -0.3 is 19.5 Å². The van der Waals surface area contributed by atoms with Crippen LogP contribution in [-0.2, 0) is 4.74 Å². The molecule has 0 saturated heterocycles. The van der Waals surface area contributed by atoms with Crippen LogP contribution in [-0.4, -0.2) is 34.5 Å². The van der Waals surface area contributed by atoms with Crippen molar-refractivity contribution in [2.75, 3.05) is 34.5 Å². The fourth-order valence-corrected chi connectivity index (χ4v) is 2.25. The summed E-state index contributed by atoms with van der Waals surface area (Å²) in [6.45, 7) is 6.06. The van der Waals surface area contributed by atoms with Crippen LogP contribution in [0.5, 0.6) is 11.5 Å². The van der Waals surface area contributed by atoms with E-state index < -0.39 is 0 Å². The SMILES string of the molecule is CCC(NCC(C)COC)c1ccc(OC)c(OC)c1. The van der Waals surface area contributed by atoms with Crippen molar-refractivity contribution in [3.8, 4) is 11.5 Å². The molecule has 0 fully saturated rings. The number of hydrogen-bond acceptors (Lipinski definition) is 4. The number of rotatable bonds is 9. The minimum atomic E-state index is 0.314. The Hall–Kier alpha value is -1.26.